The van der Waals surface area contributed by atoms with E-state index >= 15 is 0 Å². The highest BCUT2D eigenvalue weighted by Crippen LogP contribution is 2.27. The Hall–Kier alpha value is -1.62. The molecule has 21 heavy (non-hydrogen) atoms. The Bertz CT molecular complexity index is 626. The van der Waals surface area contributed by atoms with Gasteiger partial charge in [0.1, 0.15) is 17.5 Å². The molecule has 2 aromatic rings. The molecule has 0 atom stereocenters. The molecule has 0 saturated carbocycles. The number of aromatic nitrogens is 2. The Balaban J connectivity index is 2.36. The van der Waals surface area contributed by atoms with Crippen molar-refractivity contribution in [2.45, 2.75) is 33.6 Å². The van der Waals surface area contributed by atoms with Gasteiger partial charge in [-0.15, -0.1) is 0 Å². The van der Waals surface area contributed by atoms with Gasteiger partial charge in [0.25, 0.3) is 0 Å². The molecular formula is C16H21BrN4. The fraction of sp³-hybridized carbons (Fsp3) is 0.375. The van der Waals surface area contributed by atoms with Gasteiger partial charge in [-0.1, -0.05) is 35.8 Å². The van der Waals surface area contributed by atoms with Crippen LogP contribution in [0.15, 0.2) is 28.7 Å². The second-order valence-electron chi connectivity index (χ2n) is 5.22. The van der Waals surface area contributed by atoms with Crippen molar-refractivity contribution in [1.29, 1.82) is 0 Å². The molecular weight excluding hydrogens is 328 g/mol. The number of anilines is 3. The molecule has 0 amide bonds. The summed E-state index contributed by atoms with van der Waals surface area (Å²) >= 11 is 3.55. The van der Waals surface area contributed by atoms with Gasteiger partial charge in [-0.25, -0.2) is 9.97 Å². The summed E-state index contributed by atoms with van der Waals surface area (Å²) in [6.45, 7) is 9.16. The second kappa shape index (κ2) is 6.89. The minimum atomic E-state index is 0.285. The zero-order valence-electron chi connectivity index (χ0n) is 12.9. The molecule has 0 radical (unpaired) electrons. The molecule has 0 aliphatic rings. The van der Waals surface area contributed by atoms with Crippen molar-refractivity contribution < 1.29 is 0 Å². The smallest absolute Gasteiger partial charge is 0.136 e. The van der Waals surface area contributed by atoms with E-state index in [2.05, 4.69) is 64.2 Å². The average Bonchev–Trinajstić information content (AvgIpc) is 2.44. The van der Waals surface area contributed by atoms with E-state index in [1.807, 2.05) is 24.3 Å². The number of nitrogens with zero attached hydrogens (tertiary/aromatic N) is 2. The van der Waals surface area contributed by atoms with Crippen LogP contribution in [-0.2, 0) is 0 Å². The molecule has 0 bridgehead atoms. The zero-order chi connectivity index (χ0) is 15.4. The highest BCUT2D eigenvalue weighted by Gasteiger charge is 2.09. The van der Waals surface area contributed by atoms with Crippen LogP contribution in [0.3, 0.4) is 0 Å². The molecule has 112 valence electrons. The number of hydrogen-bond acceptors (Lipinski definition) is 4. The van der Waals surface area contributed by atoms with Crippen LogP contribution in [0, 0.1) is 6.92 Å². The largest absolute Gasteiger partial charge is 0.370 e. The quantitative estimate of drug-likeness (QED) is 0.810. The van der Waals surface area contributed by atoms with Crippen LogP contribution < -0.4 is 10.6 Å². The predicted molar refractivity (Wildman–Crippen MR) is 92.4 cm³/mol. The summed E-state index contributed by atoms with van der Waals surface area (Å²) in [5, 5.41) is 6.64. The Morgan fingerprint density at radius 3 is 2.57 bits per heavy atom. The SMILES string of the molecule is CCNc1cc(Nc2cccc(Br)c2C)nc(C(C)C)n1. The van der Waals surface area contributed by atoms with Crippen molar-refractivity contribution in [2.75, 3.05) is 17.2 Å². The molecule has 0 aliphatic carbocycles. The fourth-order valence-electron chi connectivity index (χ4n) is 1.94. The van der Waals surface area contributed by atoms with Crippen LogP contribution in [0.4, 0.5) is 17.3 Å². The van der Waals surface area contributed by atoms with Crippen LogP contribution >= 0.6 is 15.9 Å². The van der Waals surface area contributed by atoms with Crippen LogP contribution in [0.2, 0.25) is 0 Å². The maximum Gasteiger partial charge on any atom is 0.136 e. The van der Waals surface area contributed by atoms with Crippen molar-refractivity contribution in [2.24, 2.45) is 0 Å². The number of rotatable bonds is 5. The first-order chi connectivity index (χ1) is 10.0. The summed E-state index contributed by atoms with van der Waals surface area (Å²) in [4.78, 5) is 9.14. The van der Waals surface area contributed by atoms with E-state index in [0.29, 0.717) is 0 Å². The van der Waals surface area contributed by atoms with E-state index in [0.717, 1.165) is 39.7 Å². The Morgan fingerprint density at radius 2 is 1.90 bits per heavy atom. The van der Waals surface area contributed by atoms with E-state index in [4.69, 9.17) is 0 Å². The lowest BCUT2D eigenvalue weighted by atomic mass is 10.2. The molecule has 0 spiro atoms. The fourth-order valence-corrected chi connectivity index (χ4v) is 2.31. The van der Waals surface area contributed by atoms with E-state index < -0.39 is 0 Å². The Morgan fingerprint density at radius 1 is 1.19 bits per heavy atom. The molecule has 1 aromatic heterocycles. The summed E-state index contributed by atoms with van der Waals surface area (Å²) in [7, 11) is 0. The van der Waals surface area contributed by atoms with Gasteiger partial charge in [-0.05, 0) is 31.5 Å². The minimum Gasteiger partial charge on any atom is -0.370 e. The Labute approximate surface area is 134 Å². The summed E-state index contributed by atoms with van der Waals surface area (Å²) in [6.07, 6.45) is 0. The van der Waals surface area contributed by atoms with Crippen LogP contribution in [-0.4, -0.2) is 16.5 Å². The molecule has 5 heteroatoms. The van der Waals surface area contributed by atoms with Gasteiger partial charge in [-0.3, -0.25) is 0 Å². The highest BCUT2D eigenvalue weighted by molar-refractivity contribution is 9.10. The molecule has 0 saturated heterocycles. The van der Waals surface area contributed by atoms with Crippen LogP contribution in [0.5, 0.6) is 0 Å². The van der Waals surface area contributed by atoms with Crippen molar-refractivity contribution in [3.05, 3.63) is 40.1 Å². The first-order valence-corrected chi connectivity index (χ1v) is 7.95. The van der Waals surface area contributed by atoms with Gasteiger partial charge in [0, 0.05) is 28.7 Å². The molecule has 1 aromatic carbocycles. The maximum absolute atomic E-state index is 4.60. The first-order valence-electron chi connectivity index (χ1n) is 7.16. The standard InChI is InChI=1S/C16H21BrN4/c1-5-18-14-9-15(21-16(20-14)10(2)3)19-13-8-6-7-12(17)11(13)4/h6-10H,5H2,1-4H3,(H2,18,19,20,21). The zero-order valence-corrected chi connectivity index (χ0v) is 14.5. The van der Waals surface area contributed by atoms with Crippen molar-refractivity contribution in [3.8, 4) is 0 Å². The summed E-state index contributed by atoms with van der Waals surface area (Å²) in [6, 6.07) is 8.03. The van der Waals surface area contributed by atoms with E-state index in [-0.39, 0.29) is 5.92 Å². The molecule has 2 rings (SSSR count). The van der Waals surface area contributed by atoms with E-state index in [1.165, 1.54) is 0 Å². The van der Waals surface area contributed by atoms with Gasteiger partial charge in [0.2, 0.25) is 0 Å². The molecule has 2 N–H and O–H groups in total. The van der Waals surface area contributed by atoms with Crippen LogP contribution in [0.25, 0.3) is 0 Å². The monoisotopic (exact) mass is 348 g/mol. The van der Waals surface area contributed by atoms with Crippen molar-refractivity contribution >= 4 is 33.3 Å². The summed E-state index contributed by atoms with van der Waals surface area (Å²) in [5.74, 6) is 2.79. The number of halogens is 1. The molecule has 4 nitrogen and oxygen atoms in total. The molecule has 0 aliphatic heterocycles. The topological polar surface area (TPSA) is 49.8 Å². The highest BCUT2D eigenvalue weighted by atomic mass is 79.9. The van der Waals surface area contributed by atoms with Crippen LogP contribution in [0.1, 0.15) is 38.1 Å². The number of hydrogen-bond donors (Lipinski definition) is 2. The van der Waals surface area contributed by atoms with E-state index in [9.17, 15) is 0 Å². The van der Waals surface area contributed by atoms with Crippen molar-refractivity contribution in [1.82, 2.24) is 9.97 Å². The Kier molecular flexibility index (Phi) is 5.17. The lowest BCUT2D eigenvalue weighted by Gasteiger charge is -2.14. The number of nitrogens with one attached hydrogen (secondary N) is 2. The second-order valence-corrected chi connectivity index (χ2v) is 6.07. The lowest BCUT2D eigenvalue weighted by molar-refractivity contribution is 0.777. The third kappa shape index (κ3) is 3.94. The minimum absolute atomic E-state index is 0.285. The third-order valence-corrected chi connectivity index (χ3v) is 4.01. The molecule has 0 fully saturated rings. The maximum atomic E-state index is 4.60. The van der Waals surface area contributed by atoms with Gasteiger partial charge in [0.05, 0.1) is 0 Å². The first kappa shape index (κ1) is 15.8. The number of benzene rings is 1. The average molecular weight is 349 g/mol. The summed E-state index contributed by atoms with van der Waals surface area (Å²) in [5.41, 5.74) is 2.20. The normalized spacial score (nSPS) is 10.8. The van der Waals surface area contributed by atoms with Gasteiger partial charge >= 0.3 is 0 Å². The molecule has 1 heterocycles. The van der Waals surface area contributed by atoms with Crippen molar-refractivity contribution in [3.63, 3.8) is 0 Å². The third-order valence-electron chi connectivity index (χ3n) is 3.15. The molecule has 0 unspecified atom stereocenters. The van der Waals surface area contributed by atoms with Gasteiger partial charge < -0.3 is 10.6 Å². The lowest BCUT2D eigenvalue weighted by Crippen LogP contribution is -2.07. The predicted octanol–water partition coefficient (Wildman–Crippen LogP) is 4.85. The van der Waals surface area contributed by atoms with E-state index in [1.54, 1.807) is 0 Å². The van der Waals surface area contributed by atoms with Gasteiger partial charge in [0.15, 0.2) is 0 Å². The van der Waals surface area contributed by atoms with Gasteiger partial charge in [-0.2, -0.15) is 0 Å². The summed E-state index contributed by atoms with van der Waals surface area (Å²) < 4.78 is 1.08.